The molecule has 2 aromatic carbocycles. The summed E-state index contributed by atoms with van der Waals surface area (Å²) in [5.41, 5.74) is 2.06. The van der Waals surface area contributed by atoms with Gasteiger partial charge in [-0.2, -0.15) is 0 Å². The smallest absolute Gasteiger partial charge is 0.234 e. The first kappa shape index (κ1) is 20.7. The van der Waals surface area contributed by atoms with Gasteiger partial charge in [0.25, 0.3) is 0 Å². The van der Waals surface area contributed by atoms with E-state index in [1.165, 1.54) is 23.9 Å². The van der Waals surface area contributed by atoms with E-state index in [9.17, 15) is 9.18 Å². The molecule has 29 heavy (non-hydrogen) atoms. The van der Waals surface area contributed by atoms with Crippen LogP contribution in [0.15, 0.2) is 41.6 Å². The number of aryl methyl sites for hydroxylation is 1. The zero-order chi connectivity index (χ0) is 21.0. The number of hydrogen-bond donors (Lipinski definition) is 1. The van der Waals surface area contributed by atoms with E-state index in [1.54, 1.807) is 37.8 Å². The average molecular weight is 416 g/mol. The molecular weight excluding hydrogens is 395 g/mol. The third-order valence-electron chi connectivity index (χ3n) is 4.28. The predicted octanol–water partition coefficient (Wildman–Crippen LogP) is 3.68. The Morgan fingerprint density at radius 3 is 2.62 bits per heavy atom. The van der Waals surface area contributed by atoms with E-state index in [2.05, 4.69) is 15.5 Å². The van der Waals surface area contributed by atoms with Crippen molar-refractivity contribution in [3.05, 3.63) is 47.8 Å². The van der Waals surface area contributed by atoms with Gasteiger partial charge in [0.15, 0.2) is 22.5 Å². The highest BCUT2D eigenvalue weighted by atomic mass is 32.2. The molecule has 3 aromatic rings. The van der Waals surface area contributed by atoms with Crippen molar-refractivity contribution in [3.63, 3.8) is 0 Å². The maximum atomic E-state index is 13.4. The number of halogens is 1. The minimum atomic E-state index is -0.397. The zero-order valence-electron chi connectivity index (χ0n) is 16.5. The summed E-state index contributed by atoms with van der Waals surface area (Å²) in [6, 6.07) is 9.75. The molecule has 1 amide bonds. The van der Waals surface area contributed by atoms with Crippen molar-refractivity contribution in [2.24, 2.45) is 7.05 Å². The van der Waals surface area contributed by atoms with Crippen molar-refractivity contribution in [2.45, 2.75) is 12.1 Å². The number of methoxy groups -OCH3 is 2. The Hall–Kier alpha value is -3.07. The Balaban J connectivity index is 1.70. The van der Waals surface area contributed by atoms with Crippen molar-refractivity contribution >= 4 is 23.4 Å². The number of ether oxygens (including phenoxy) is 2. The molecule has 1 heterocycles. The van der Waals surface area contributed by atoms with Gasteiger partial charge in [-0.3, -0.25) is 4.79 Å². The molecule has 152 valence electrons. The molecule has 0 atom stereocenters. The molecule has 9 heteroatoms. The van der Waals surface area contributed by atoms with Gasteiger partial charge in [0.1, 0.15) is 5.82 Å². The van der Waals surface area contributed by atoms with Crippen molar-refractivity contribution in [3.8, 4) is 22.9 Å². The molecule has 0 aliphatic carbocycles. The van der Waals surface area contributed by atoms with Crippen molar-refractivity contribution in [1.29, 1.82) is 0 Å². The molecule has 0 bridgehead atoms. The Labute approximate surface area is 172 Å². The lowest BCUT2D eigenvalue weighted by Gasteiger charge is -2.10. The summed E-state index contributed by atoms with van der Waals surface area (Å²) in [4.78, 5) is 12.2. The van der Waals surface area contributed by atoms with Crippen LogP contribution in [0.4, 0.5) is 10.1 Å². The van der Waals surface area contributed by atoms with Crippen molar-refractivity contribution in [2.75, 3.05) is 25.3 Å². The molecule has 0 aliphatic heterocycles. The Morgan fingerprint density at radius 2 is 1.90 bits per heavy atom. The van der Waals surface area contributed by atoms with E-state index in [-0.39, 0.29) is 11.7 Å². The minimum Gasteiger partial charge on any atom is -0.493 e. The Kier molecular flexibility index (Phi) is 6.38. The van der Waals surface area contributed by atoms with Crippen LogP contribution in [-0.2, 0) is 11.8 Å². The summed E-state index contributed by atoms with van der Waals surface area (Å²) in [5.74, 6) is 1.32. The van der Waals surface area contributed by atoms with Gasteiger partial charge in [-0.25, -0.2) is 4.39 Å². The second kappa shape index (κ2) is 8.95. The summed E-state index contributed by atoms with van der Waals surface area (Å²) in [6.07, 6.45) is 0. The molecule has 1 N–H and O–H groups in total. The first-order valence-electron chi connectivity index (χ1n) is 8.73. The first-order chi connectivity index (χ1) is 13.9. The summed E-state index contributed by atoms with van der Waals surface area (Å²) in [5, 5.41) is 11.7. The van der Waals surface area contributed by atoms with Crippen LogP contribution in [0.3, 0.4) is 0 Å². The normalized spacial score (nSPS) is 10.7. The number of thioether (sulfide) groups is 1. The SMILES string of the molecule is COc1ccc(-c2nnc(SCC(=O)Nc3cc(F)ccc3C)n2C)cc1OC. The molecular formula is C20H21FN4O3S. The quantitative estimate of drug-likeness (QED) is 0.592. The van der Waals surface area contributed by atoms with Gasteiger partial charge in [-0.15, -0.1) is 10.2 Å². The van der Waals surface area contributed by atoms with Gasteiger partial charge in [-0.05, 0) is 42.8 Å². The second-order valence-corrected chi connectivity index (χ2v) is 7.17. The average Bonchev–Trinajstić information content (AvgIpc) is 3.09. The fraction of sp³-hybridized carbons (Fsp3) is 0.250. The summed E-state index contributed by atoms with van der Waals surface area (Å²) in [7, 11) is 4.96. The van der Waals surface area contributed by atoms with Crippen LogP contribution in [0.25, 0.3) is 11.4 Å². The van der Waals surface area contributed by atoms with Crippen LogP contribution in [0.5, 0.6) is 11.5 Å². The number of hydrogen-bond acceptors (Lipinski definition) is 6. The maximum absolute atomic E-state index is 13.4. The third-order valence-corrected chi connectivity index (χ3v) is 5.30. The van der Waals surface area contributed by atoms with E-state index >= 15 is 0 Å². The molecule has 7 nitrogen and oxygen atoms in total. The Bertz CT molecular complexity index is 1040. The fourth-order valence-corrected chi connectivity index (χ4v) is 3.42. The molecule has 0 fully saturated rings. The first-order valence-corrected chi connectivity index (χ1v) is 9.72. The number of rotatable bonds is 7. The number of aromatic nitrogens is 3. The molecule has 0 unspecified atom stereocenters. The Morgan fingerprint density at radius 1 is 1.14 bits per heavy atom. The van der Waals surface area contributed by atoms with E-state index < -0.39 is 5.82 Å². The largest absolute Gasteiger partial charge is 0.493 e. The molecule has 0 radical (unpaired) electrons. The number of anilines is 1. The number of amides is 1. The monoisotopic (exact) mass is 416 g/mol. The van der Waals surface area contributed by atoms with Crippen LogP contribution in [0.2, 0.25) is 0 Å². The number of carbonyl (C=O) groups is 1. The van der Waals surface area contributed by atoms with Gasteiger partial charge in [0.05, 0.1) is 20.0 Å². The summed E-state index contributed by atoms with van der Waals surface area (Å²) in [6.45, 7) is 1.81. The van der Waals surface area contributed by atoms with Gasteiger partial charge in [-0.1, -0.05) is 17.8 Å². The van der Waals surface area contributed by atoms with Crippen LogP contribution in [0, 0.1) is 12.7 Å². The number of benzene rings is 2. The standard InChI is InChI=1S/C20H21FN4O3S/c1-12-5-7-14(21)10-15(12)22-18(26)11-29-20-24-23-19(25(20)2)13-6-8-16(27-3)17(9-13)28-4/h5-10H,11H2,1-4H3,(H,22,26). The molecule has 0 spiro atoms. The fourth-order valence-electron chi connectivity index (χ4n) is 2.71. The lowest BCUT2D eigenvalue weighted by Crippen LogP contribution is -2.15. The topological polar surface area (TPSA) is 78.3 Å². The lowest BCUT2D eigenvalue weighted by atomic mass is 10.2. The van der Waals surface area contributed by atoms with E-state index in [1.807, 2.05) is 19.2 Å². The molecule has 3 rings (SSSR count). The highest BCUT2D eigenvalue weighted by molar-refractivity contribution is 7.99. The predicted molar refractivity (Wildman–Crippen MR) is 110 cm³/mol. The van der Waals surface area contributed by atoms with Crippen LogP contribution in [-0.4, -0.2) is 40.6 Å². The van der Waals surface area contributed by atoms with Gasteiger partial charge in [0, 0.05) is 18.3 Å². The van der Waals surface area contributed by atoms with Crippen molar-refractivity contribution < 1.29 is 18.7 Å². The van der Waals surface area contributed by atoms with Crippen LogP contribution in [0.1, 0.15) is 5.56 Å². The number of carbonyl (C=O) groups excluding carboxylic acids is 1. The maximum Gasteiger partial charge on any atom is 0.234 e. The van der Waals surface area contributed by atoms with Crippen molar-refractivity contribution in [1.82, 2.24) is 14.8 Å². The highest BCUT2D eigenvalue weighted by Crippen LogP contribution is 2.32. The van der Waals surface area contributed by atoms with Gasteiger partial charge >= 0.3 is 0 Å². The van der Waals surface area contributed by atoms with Gasteiger partial charge in [0.2, 0.25) is 5.91 Å². The minimum absolute atomic E-state index is 0.119. The van der Waals surface area contributed by atoms with E-state index in [4.69, 9.17) is 9.47 Å². The highest BCUT2D eigenvalue weighted by Gasteiger charge is 2.15. The molecule has 1 aromatic heterocycles. The summed E-state index contributed by atoms with van der Waals surface area (Å²) >= 11 is 1.25. The van der Waals surface area contributed by atoms with E-state index in [0.717, 1.165) is 11.1 Å². The third kappa shape index (κ3) is 4.68. The molecule has 0 saturated carbocycles. The number of nitrogens with one attached hydrogen (secondary N) is 1. The van der Waals surface area contributed by atoms with Crippen LogP contribution >= 0.6 is 11.8 Å². The molecule has 0 aliphatic rings. The molecule has 0 saturated heterocycles. The summed E-state index contributed by atoms with van der Waals surface area (Å²) < 4.78 is 25.8. The van der Waals surface area contributed by atoms with Crippen LogP contribution < -0.4 is 14.8 Å². The van der Waals surface area contributed by atoms with E-state index in [0.29, 0.717) is 28.2 Å². The lowest BCUT2D eigenvalue weighted by molar-refractivity contribution is -0.113. The number of nitrogens with zero attached hydrogens (tertiary/aromatic N) is 3. The van der Waals surface area contributed by atoms with Gasteiger partial charge < -0.3 is 19.4 Å². The zero-order valence-corrected chi connectivity index (χ0v) is 17.3. The second-order valence-electron chi connectivity index (χ2n) is 6.23.